The Morgan fingerprint density at radius 2 is 2.14 bits per heavy atom. The molecule has 2 rings (SSSR count). The van der Waals surface area contributed by atoms with Crippen molar-refractivity contribution in [2.24, 2.45) is 0 Å². The van der Waals surface area contributed by atoms with E-state index in [0.29, 0.717) is 11.3 Å². The first-order chi connectivity index (χ1) is 6.86. The van der Waals surface area contributed by atoms with Crippen molar-refractivity contribution >= 4 is 10.9 Å². The van der Waals surface area contributed by atoms with Gasteiger partial charge in [0, 0.05) is 17.1 Å². The highest BCUT2D eigenvalue weighted by Gasteiger charge is 2.07. The zero-order chi connectivity index (χ0) is 9.97. The Morgan fingerprint density at radius 3 is 2.86 bits per heavy atom. The van der Waals surface area contributed by atoms with Crippen LogP contribution in [0, 0.1) is 0 Å². The molecule has 0 fully saturated rings. The second-order valence-corrected chi connectivity index (χ2v) is 2.99. The first kappa shape index (κ1) is 8.97. The van der Waals surface area contributed by atoms with Crippen LogP contribution in [-0.4, -0.2) is 17.2 Å². The smallest absolute Gasteiger partial charge is 0.135 e. The van der Waals surface area contributed by atoms with Gasteiger partial charge in [0.15, 0.2) is 0 Å². The van der Waals surface area contributed by atoms with Gasteiger partial charge in [0.25, 0.3) is 0 Å². The maximum absolute atomic E-state index is 9.09. The van der Waals surface area contributed by atoms with Crippen molar-refractivity contribution < 1.29 is 9.84 Å². The summed E-state index contributed by atoms with van der Waals surface area (Å²) in [4.78, 5) is 4.22. The molecule has 0 aliphatic heterocycles. The molecule has 3 nitrogen and oxygen atoms in total. The maximum atomic E-state index is 9.09. The standard InChI is InChI=1S/C11H11NO2/c1-14-11-8(7-13)6-12-10-5-3-2-4-9(10)11/h2-6,13H,7H2,1H3. The zero-order valence-electron chi connectivity index (χ0n) is 7.90. The number of fused-ring (bicyclic) bond motifs is 1. The summed E-state index contributed by atoms with van der Waals surface area (Å²) in [7, 11) is 1.60. The summed E-state index contributed by atoms with van der Waals surface area (Å²) in [5.41, 5.74) is 1.59. The number of hydrogen-bond donors (Lipinski definition) is 1. The molecule has 0 spiro atoms. The van der Waals surface area contributed by atoms with Crippen LogP contribution in [0.1, 0.15) is 5.56 Å². The Morgan fingerprint density at radius 1 is 1.36 bits per heavy atom. The van der Waals surface area contributed by atoms with E-state index in [9.17, 15) is 0 Å². The SMILES string of the molecule is COc1c(CO)cnc2ccccc12. The molecular weight excluding hydrogens is 178 g/mol. The van der Waals surface area contributed by atoms with Crippen LogP contribution in [0.2, 0.25) is 0 Å². The molecule has 3 heteroatoms. The molecule has 2 aromatic rings. The molecule has 0 saturated heterocycles. The number of benzene rings is 1. The Kier molecular flexibility index (Phi) is 2.33. The Balaban J connectivity index is 2.77. The molecule has 0 aliphatic rings. The first-order valence-corrected chi connectivity index (χ1v) is 4.38. The summed E-state index contributed by atoms with van der Waals surface area (Å²) in [6.07, 6.45) is 1.64. The first-order valence-electron chi connectivity index (χ1n) is 4.38. The molecule has 14 heavy (non-hydrogen) atoms. The number of para-hydroxylation sites is 1. The number of aliphatic hydroxyl groups is 1. The molecule has 0 bridgehead atoms. The summed E-state index contributed by atoms with van der Waals surface area (Å²) in [5.74, 6) is 0.707. The monoisotopic (exact) mass is 189 g/mol. The van der Waals surface area contributed by atoms with Gasteiger partial charge in [0.1, 0.15) is 5.75 Å². The van der Waals surface area contributed by atoms with Crippen LogP contribution < -0.4 is 4.74 Å². The number of nitrogens with zero attached hydrogens (tertiary/aromatic N) is 1. The molecule has 0 saturated carbocycles. The average Bonchev–Trinajstić information content (AvgIpc) is 2.27. The van der Waals surface area contributed by atoms with Gasteiger partial charge in [-0.05, 0) is 12.1 Å². The van der Waals surface area contributed by atoms with Crippen LogP contribution in [-0.2, 0) is 6.61 Å². The van der Waals surface area contributed by atoms with Crippen molar-refractivity contribution in [3.8, 4) is 5.75 Å². The predicted octanol–water partition coefficient (Wildman–Crippen LogP) is 1.74. The molecular formula is C11H11NO2. The minimum Gasteiger partial charge on any atom is -0.496 e. The fourth-order valence-corrected chi connectivity index (χ4v) is 1.51. The van der Waals surface area contributed by atoms with E-state index in [2.05, 4.69) is 4.98 Å². The lowest BCUT2D eigenvalue weighted by molar-refractivity contribution is 0.274. The molecule has 0 amide bonds. The van der Waals surface area contributed by atoms with Crippen LogP contribution in [0.15, 0.2) is 30.5 Å². The lowest BCUT2D eigenvalue weighted by Gasteiger charge is -2.08. The number of aromatic nitrogens is 1. The summed E-state index contributed by atoms with van der Waals surface area (Å²) in [5, 5.41) is 10.0. The molecule has 0 radical (unpaired) electrons. The predicted molar refractivity (Wildman–Crippen MR) is 54.2 cm³/mol. The highest BCUT2D eigenvalue weighted by atomic mass is 16.5. The summed E-state index contributed by atoms with van der Waals surface area (Å²) >= 11 is 0. The minimum atomic E-state index is -0.0546. The normalized spacial score (nSPS) is 10.4. The molecule has 1 heterocycles. The van der Waals surface area contributed by atoms with Crippen molar-refractivity contribution in [3.05, 3.63) is 36.0 Å². The highest BCUT2D eigenvalue weighted by molar-refractivity contribution is 5.85. The van der Waals surface area contributed by atoms with E-state index in [1.807, 2.05) is 24.3 Å². The maximum Gasteiger partial charge on any atom is 0.135 e. The van der Waals surface area contributed by atoms with Gasteiger partial charge in [-0.3, -0.25) is 4.98 Å². The summed E-state index contributed by atoms with van der Waals surface area (Å²) in [6.45, 7) is -0.0546. The number of ether oxygens (including phenoxy) is 1. The highest BCUT2D eigenvalue weighted by Crippen LogP contribution is 2.27. The number of hydrogen-bond acceptors (Lipinski definition) is 3. The van der Waals surface area contributed by atoms with Crippen LogP contribution in [0.25, 0.3) is 10.9 Å². The second-order valence-electron chi connectivity index (χ2n) is 2.99. The molecule has 1 aromatic carbocycles. The van der Waals surface area contributed by atoms with Crippen LogP contribution in [0.3, 0.4) is 0 Å². The molecule has 0 unspecified atom stereocenters. The third-order valence-electron chi connectivity index (χ3n) is 2.17. The van der Waals surface area contributed by atoms with Gasteiger partial charge < -0.3 is 9.84 Å². The Hall–Kier alpha value is -1.61. The van der Waals surface area contributed by atoms with Gasteiger partial charge in [-0.25, -0.2) is 0 Å². The van der Waals surface area contributed by atoms with Crippen LogP contribution >= 0.6 is 0 Å². The summed E-state index contributed by atoms with van der Waals surface area (Å²) < 4.78 is 5.25. The fraction of sp³-hybridized carbons (Fsp3) is 0.182. The fourth-order valence-electron chi connectivity index (χ4n) is 1.51. The van der Waals surface area contributed by atoms with Gasteiger partial charge in [0.2, 0.25) is 0 Å². The van der Waals surface area contributed by atoms with Crippen LogP contribution in [0.4, 0.5) is 0 Å². The zero-order valence-corrected chi connectivity index (χ0v) is 7.90. The third kappa shape index (κ3) is 1.32. The van der Waals surface area contributed by atoms with Crippen LogP contribution in [0.5, 0.6) is 5.75 Å². The minimum absolute atomic E-state index is 0.0546. The number of pyridine rings is 1. The van der Waals surface area contributed by atoms with E-state index < -0.39 is 0 Å². The van der Waals surface area contributed by atoms with Crippen molar-refractivity contribution in [2.75, 3.05) is 7.11 Å². The van der Waals surface area contributed by atoms with Gasteiger partial charge in [-0.15, -0.1) is 0 Å². The van der Waals surface area contributed by atoms with Gasteiger partial charge >= 0.3 is 0 Å². The van der Waals surface area contributed by atoms with E-state index in [4.69, 9.17) is 9.84 Å². The Labute approximate surface area is 82.0 Å². The van der Waals surface area contributed by atoms with Crippen molar-refractivity contribution in [2.45, 2.75) is 6.61 Å². The molecule has 1 aromatic heterocycles. The van der Waals surface area contributed by atoms with E-state index >= 15 is 0 Å². The van der Waals surface area contributed by atoms with Gasteiger partial charge in [0.05, 0.1) is 19.2 Å². The van der Waals surface area contributed by atoms with Crippen molar-refractivity contribution in [1.29, 1.82) is 0 Å². The van der Waals surface area contributed by atoms with Crippen molar-refractivity contribution in [1.82, 2.24) is 4.98 Å². The molecule has 72 valence electrons. The van der Waals surface area contributed by atoms with E-state index in [1.165, 1.54) is 0 Å². The topological polar surface area (TPSA) is 42.4 Å². The second kappa shape index (κ2) is 3.64. The lowest BCUT2D eigenvalue weighted by Crippen LogP contribution is -1.94. The number of aliphatic hydroxyl groups excluding tert-OH is 1. The van der Waals surface area contributed by atoms with E-state index in [0.717, 1.165) is 10.9 Å². The van der Waals surface area contributed by atoms with Gasteiger partial charge in [-0.2, -0.15) is 0 Å². The quantitative estimate of drug-likeness (QED) is 0.782. The largest absolute Gasteiger partial charge is 0.496 e. The number of rotatable bonds is 2. The Bertz CT molecular complexity index is 454. The third-order valence-corrected chi connectivity index (χ3v) is 2.17. The molecule has 0 atom stereocenters. The number of methoxy groups -OCH3 is 1. The molecule has 0 aliphatic carbocycles. The van der Waals surface area contributed by atoms with Crippen molar-refractivity contribution in [3.63, 3.8) is 0 Å². The average molecular weight is 189 g/mol. The van der Waals surface area contributed by atoms with Gasteiger partial charge in [-0.1, -0.05) is 12.1 Å². The summed E-state index contributed by atoms with van der Waals surface area (Å²) in [6, 6.07) is 7.69. The van der Waals surface area contributed by atoms with E-state index in [-0.39, 0.29) is 6.61 Å². The van der Waals surface area contributed by atoms with E-state index in [1.54, 1.807) is 13.3 Å². The lowest BCUT2D eigenvalue weighted by atomic mass is 10.1. The molecule has 1 N–H and O–H groups in total.